The van der Waals surface area contributed by atoms with Crippen molar-refractivity contribution in [1.29, 1.82) is 0 Å². The molecule has 3 heteroatoms. The van der Waals surface area contributed by atoms with Crippen molar-refractivity contribution in [2.75, 3.05) is 14.1 Å². The molecule has 0 aliphatic heterocycles. The van der Waals surface area contributed by atoms with Crippen LogP contribution in [0.25, 0.3) is 0 Å². The zero-order valence-electron chi connectivity index (χ0n) is 6.37. The van der Waals surface area contributed by atoms with Crippen molar-refractivity contribution >= 4 is 5.91 Å². The van der Waals surface area contributed by atoms with Gasteiger partial charge in [0.25, 0.3) is 5.91 Å². The molecule has 0 aromatic heterocycles. The molecule has 0 saturated carbocycles. The third-order valence-electron chi connectivity index (χ3n) is 1.00. The van der Waals surface area contributed by atoms with Gasteiger partial charge in [-0.3, -0.25) is 4.79 Å². The molecule has 0 heterocycles. The Hall–Kier alpha value is -1.09. The highest BCUT2D eigenvalue weighted by atomic mass is 16.2. The van der Waals surface area contributed by atoms with Gasteiger partial charge < -0.3 is 0 Å². The fourth-order valence-corrected chi connectivity index (χ4v) is 0.544. The van der Waals surface area contributed by atoms with Gasteiger partial charge in [-0.15, -0.1) is 0 Å². The van der Waals surface area contributed by atoms with Crippen LogP contribution in [0.15, 0.2) is 25.4 Å². The van der Waals surface area contributed by atoms with E-state index in [0.717, 1.165) is 0 Å². The predicted octanol–water partition coefficient (Wildman–Crippen LogP) is 0.621. The molecule has 0 saturated heterocycles. The first-order valence-electron chi connectivity index (χ1n) is 2.89. The van der Waals surface area contributed by atoms with Gasteiger partial charge in [-0.25, -0.2) is 10.0 Å². The first-order chi connectivity index (χ1) is 4.63. The Morgan fingerprint density at radius 1 is 1.40 bits per heavy atom. The molecule has 0 radical (unpaired) electrons. The van der Waals surface area contributed by atoms with E-state index in [2.05, 4.69) is 13.2 Å². The van der Waals surface area contributed by atoms with E-state index in [1.165, 1.54) is 17.3 Å². The first kappa shape index (κ1) is 8.91. The summed E-state index contributed by atoms with van der Waals surface area (Å²) < 4.78 is 0. The van der Waals surface area contributed by atoms with Crippen molar-refractivity contribution in [1.82, 2.24) is 10.0 Å². The molecular weight excluding hydrogens is 128 g/mol. The number of hydrogen-bond donors (Lipinski definition) is 0. The van der Waals surface area contributed by atoms with Crippen LogP contribution in [0.5, 0.6) is 0 Å². The molecule has 0 fully saturated rings. The topological polar surface area (TPSA) is 23.6 Å². The van der Waals surface area contributed by atoms with E-state index in [1.54, 1.807) is 19.1 Å². The van der Waals surface area contributed by atoms with E-state index < -0.39 is 0 Å². The molecule has 56 valence electrons. The Morgan fingerprint density at radius 2 is 1.90 bits per heavy atom. The average molecular weight is 140 g/mol. The van der Waals surface area contributed by atoms with Crippen LogP contribution in [0.1, 0.15) is 0 Å². The smallest absolute Gasteiger partial charge is 0.264 e. The Labute approximate surface area is 61.2 Å². The van der Waals surface area contributed by atoms with Gasteiger partial charge in [0, 0.05) is 20.3 Å². The van der Waals surface area contributed by atoms with Crippen LogP contribution in [-0.2, 0) is 4.79 Å². The summed E-state index contributed by atoms with van der Waals surface area (Å²) in [5, 5.41) is 2.98. The lowest BCUT2D eigenvalue weighted by molar-refractivity contribution is -0.133. The van der Waals surface area contributed by atoms with E-state index in [1.807, 2.05) is 0 Å². The van der Waals surface area contributed by atoms with Crippen molar-refractivity contribution in [2.45, 2.75) is 0 Å². The highest BCUT2D eigenvalue weighted by Gasteiger charge is 2.06. The summed E-state index contributed by atoms with van der Waals surface area (Å²) >= 11 is 0. The normalized spacial score (nSPS) is 9.10. The van der Waals surface area contributed by atoms with E-state index >= 15 is 0 Å². The Morgan fingerprint density at radius 3 is 2.00 bits per heavy atom. The summed E-state index contributed by atoms with van der Waals surface area (Å²) in [6.45, 7) is 6.81. The van der Waals surface area contributed by atoms with Crippen molar-refractivity contribution in [3.8, 4) is 0 Å². The fraction of sp³-hybridized carbons (Fsp3) is 0.286. The van der Waals surface area contributed by atoms with E-state index in [-0.39, 0.29) is 5.91 Å². The van der Waals surface area contributed by atoms with E-state index in [9.17, 15) is 4.79 Å². The molecule has 1 amide bonds. The summed E-state index contributed by atoms with van der Waals surface area (Å²) in [6, 6.07) is 0. The molecule has 0 N–H and O–H groups in total. The number of carbonyl (C=O) groups is 1. The van der Waals surface area contributed by atoms with Gasteiger partial charge in [0.2, 0.25) is 0 Å². The summed E-state index contributed by atoms with van der Waals surface area (Å²) in [7, 11) is 3.51. The molecular formula is C7H12N2O. The van der Waals surface area contributed by atoms with Crippen molar-refractivity contribution in [3.05, 3.63) is 25.4 Å². The zero-order chi connectivity index (χ0) is 8.15. The second-order valence-electron chi connectivity index (χ2n) is 1.92. The van der Waals surface area contributed by atoms with E-state index in [0.29, 0.717) is 0 Å². The lowest BCUT2D eigenvalue weighted by Crippen LogP contribution is -2.36. The van der Waals surface area contributed by atoms with Crippen LogP contribution in [0.2, 0.25) is 0 Å². The molecule has 0 atom stereocenters. The summed E-state index contributed by atoms with van der Waals surface area (Å²) in [6.07, 6.45) is 2.67. The molecule has 0 aromatic rings. The van der Waals surface area contributed by atoms with Crippen molar-refractivity contribution in [2.24, 2.45) is 0 Å². The number of rotatable bonds is 3. The number of carbonyl (C=O) groups excluding carboxylic acids is 1. The van der Waals surface area contributed by atoms with Gasteiger partial charge >= 0.3 is 0 Å². The molecule has 0 rings (SSSR count). The Kier molecular flexibility index (Phi) is 3.43. The monoisotopic (exact) mass is 140 g/mol. The Bertz CT molecular complexity index is 152. The third-order valence-corrected chi connectivity index (χ3v) is 1.00. The first-order valence-corrected chi connectivity index (χ1v) is 2.89. The zero-order valence-corrected chi connectivity index (χ0v) is 6.37. The minimum atomic E-state index is -0.181. The highest BCUT2D eigenvalue weighted by Crippen LogP contribution is 1.92. The number of hydrazine groups is 1. The lowest BCUT2D eigenvalue weighted by atomic mass is 10.5. The number of nitrogens with zero attached hydrogens (tertiary/aromatic N) is 2. The molecule has 0 unspecified atom stereocenters. The maximum Gasteiger partial charge on any atom is 0.264 e. The van der Waals surface area contributed by atoms with Crippen LogP contribution < -0.4 is 0 Å². The predicted molar refractivity (Wildman–Crippen MR) is 40.9 cm³/mol. The van der Waals surface area contributed by atoms with Gasteiger partial charge in [0.1, 0.15) is 0 Å². The maximum atomic E-state index is 10.9. The maximum absolute atomic E-state index is 10.9. The van der Waals surface area contributed by atoms with Gasteiger partial charge in [0.15, 0.2) is 0 Å². The standard InChI is InChI=1S/C7H12N2O/c1-5-7(10)9(6-2)8(3)4/h5-6H,1-2H2,3-4H3. The minimum absolute atomic E-state index is 0.181. The third kappa shape index (κ3) is 2.03. The summed E-state index contributed by atoms with van der Waals surface area (Å²) in [5.74, 6) is -0.181. The molecule has 0 aliphatic carbocycles. The van der Waals surface area contributed by atoms with Crippen LogP contribution >= 0.6 is 0 Å². The average Bonchev–Trinajstić information content (AvgIpc) is 1.88. The quantitative estimate of drug-likeness (QED) is 0.424. The van der Waals surface area contributed by atoms with Crippen LogP contribution in [0.4, 0.5) is 0 Å². The lowest BCUT2D eigenvalue weighted by Gasteiger charge is -2.22. The molecule has 0 spiro atoms. The van der Waals surface area contributed by atoms with Crippen molar-refractivity contribution in [3.63, 3.8) is 0 Å². The van der Waals surface area contributed by atoms with Crippen molar-refractivity contribution < 1.29 is 4.79 Å². The van der Waals surface area contributed by atoms with Gasteiger partial charge in [-0.2, -0.15) is 0 Å². The molecule has 0 bridgehead atoms. The van der Waals surface area contributed by atoms with Gasteiger partial charge in [-0.05, 0) is 6.08 Å². The Balaban J connectivity index is 4.19. The second kappa shape index (κ2) is 3.85. The van der Waals surface area contributed by atoms with E-state index in [4.69, 9.17) is 0 Å². The summed E-state index contributed by atoms with van der Waals surface area (Å²) in [5.41, 5.74) is 0. The summed E-state index contributed by atoms with van der Waals surface area (Å²) in [4.78, 5) is 10.9. The number of hydrogen-bond acceptors (Lipinski definition) is 2. The van der Waals surface area contributed by atoms with Gasteiger partial charge in [-0.1, -0.05) is 13.2 Å². The fourth-order valence-electron chi connectivity index (χ4n) is 0.544. The molecule has 0 aromatic carbocycles. The van der Waals surface area contributed by atoms with Gasteiger partial charge in [0.05, 0.1) is 0 Å². The minimum Gasteiger partial charge on any atom is -0.268 e. The van der Waals surface area contributed by atoms with Crippen LogP contribution in [0.3, 0.4) is 0 Å². The second-order valence-corrected chi connectivity index (χ2v) is 1.92. The van der Waals surface area contributed by atoms with Crippen LogP contribution in [-0.4, -0.2) is 30.0 Å². The molecule has 0 aliphatic rings. The highest BCUT2D eigenvalue weighted by molar-refractivity contribution is 5.87. The largest absolute Gasteiger partial charge is 0.268 e. The molecule has 3 nitrogen and oxygen atoms in total. The molecule has 10 heavy (non-hydrogen) atoms. The SMILES string of the molecule is C=CC(=O)N(C=C)N(C)C. The van der Waals surface area contributed by atoms with Crippen LogP contribution in [0, 0.1) is 0 Å². The number of amides is 1.